The number of aromatic amines is 2. The van der Waals surface area contributed by atoms with Gasteiger partial charge in [0.25, 0.3) is 0 Å². The third-order valence-corrected chi connectivity index (χ3v) is 3.76. The van der Waals surface area contributed by atoms with E-state index in [1.165, 1.54) is 12.1 Å². The van der Waals surface area contributed by atoms with E-state index in [1.807, 2.05) is 0 Å². The number of carbonyl (C=O) groups is 1. The molecule has 21 heavy (non-hydrogen) atoms. The molecule has 0 atom stereocenters. The lowest BCUT2D eigenvalue weighted by atomic mass is 10.0. The topological polar surface area (TPSA) is 91.7 Å². The average molecular weight is 350 g/mol. The first-order valence-electron chi connectivity index (χ1n) is 5.97. The van der Waals surface area contributed by atoms with Gasteiger partial charge in [-0.3, -0.25) is 4.79 Å². The maximum Gasteiger partial charge on any atom is 0.323 e. The van der Waals surface area contributed by atoms with E-state index in [0.717, 1.165) is 6.07 Å². The van der Waals surface area contributed by atoms with Crippen LogP contribution in [0.15, 0.2) is 39.6 Å². The number of hydrogen-bond acceptors (Lipinski definition) is 3. The summed E-state index contributed by atoms with van der Waals surface area (Å²) in [5.41, 5.74) is 6.75. The molecule has 106 valence electrons. The monoisotopic (exact) mass is 349 g/mol. The maximum atomic E-state index is 13.2. The Morgan fingerprint density at radius 2 is 1.81 bits per heavy atom. The van der Waals surface area contributed by atoms with Gasteiger partial charge in [-0.1, -0.05) is 0 Å². The molecular weight excluding hydrogens is 341 g/mol. The third kappa shape index (κ3) is 2.36. The highest BCUT2D eigenvalue weighted by atomic mass is 79.9. The summed E-state index contributed by atoms with van der Waals surface area (Å²) in [5, 5.41) is 0. The van der Waals surface area contributed by atoms with Crippen LogP contribution in [0.25, 0.3) is 11.0 Å². The fraction of sp³-hybridized carbons (Fsp3) is 0. The Morgan fingerprint density at radius 1 is 1.14 bits per heavy atom. The Hall–Kier alpha value is -2.41. The normalized spacial score (nSPS) is 11.0. The molecule has 2 aromatic carbocycles. The quantitative estimate of drug-likeness (QED) is 0.490. The molecule has 0 amide bonds. The summed E-state index contributed by atoms with van der Waals surface area (Å²) in [5.74, 6) is -0.895. The number of H-pyrrole nitrogens is 2. The molecule has 0 radical (unpaired) electrons. The Bertz CT molecular complexity index is 930. The van der Waals surface area contributed by atoms with Crippen LogP contribution < -0.4 is 11.4 Å². The molecular formula is C14H9BrFN3O2. The number of fused-ring (bicyclic) bond motifs is 1. The van der Waals surface area contributed by atoms with Gasteiger partial charge in [-0.25, -0.2) is 9.18 Å². The third-order valence-electron chi connectivity index (χ3n) is 3.11. The average Bonchev–Trinajstić information content (AvgIpc) is 2.79. The smallest absolute Gasteiger partial charge is 0.323 e. The van der Waals surface area contributed by atoms with Gasteiger partial charge in [0.05, 0.1) is 16.7 Å². The van der Waals surface area contributed by atoms with Crippen LogP contribution in [0.3, 0.4) is 0 Å². The van der Waals surface area contributed by atoms with Crippen LogP contribution in [0.2, 0.25) is 0 Å². The van der Waals surface area contributed by atoms with Gasteiger partial charge in [0.2, 0.25) is 0 Å². The van der Waals surface area contributed by atoms with Crippen molar-refractivity contribution in [2.45, 2.75) is 0 Å². The van der Waals surface area contributed by atoms with E-state index in [4.69, 9.17) is 5.73 Å². The number of halogens is 2. The Morgan fingerprint density at radius 3 is 2.48 bits per heavy atom. The molecule has 0 saturated carbocycles. The van der Waals surface area contributed by atoms with Crippen molar-refractivity contribution >= 4 is 38.4 Å². The molecule has 3 rings (SSSR count). The number of hydrogen-bond donors (Lipinski definition) is 3. The number of aromatic nitrogens is 2. The summed E-state index contributed by atoms with van der Waals surface area (Å²) < 4.78 is 13.7. The number of nitrogen functional groups attached to an aromatic ring is 1. The zero-order chi connectivity index (χ0) is 15.1. The fourth-order valence-electron chi connectivity index (χ4n) is 2.07. The van der Waals surface area contributed by atoms with Crippen LogP contribution >= 0.6 is 15.9 Å². The number of benzene rings is 2. The molecule has 0 aliphatic carbocycles. The lowest BCUT2D eigenvalue weighted by Gasteiger charge is -2.06. The van der Waals surface area contributed by atoms with Crippen molar-refractivity contribution in [2.75, 3.05) is 5.73 Å². The molecule has 0 spiro atoms. The standard InChI is InChI=1S/C14H9BrFN3O2/c15-8-5-12-11(18-14(21)19-12)4-7(8)13(20)6-1-2-9(16)10(17)3-6/h1-5H,17H2,(H2,18,19,21). The first kappa shape index (κ1) is 13.6. The lowest BCUT2D eigenvalue weighted by Crippen LogP contribution is -2.04. The van der Waals surface area contributed by atoms with Crippen molar-refractivity contribution in [2.24, 2.45) is 0 Å². The minimum atomic E-state index is -0.573. The summed E-state index contributed by atoms with van der Waals surface area (Å²) >= 11 is 3.30. The van der Waals surface area contributed by atoms with Crippen molar-refractivity contribution in [3.8, 4) is 0 Å². The van der Waals surface area contributed by atoms with Gasteiger partial charge in [0, 0.05) is 15.6 Å². The summed E-state index contributed by atoms with van der Waals surface area (Å²) in [6.07, 6.45) is 0. The minimum Gasteiger partial charge on any atom is -0.396 e. The second kappa shape index (κ2) is 4.85. The minimum absolute atomic E-state index is 0.0897. The molecule has 4 N–H and O–H groups in total. The highest BCUT2D eigenvalue weighted by Gasteiger charge is 2.16. The van der Waals surface area contributed by atoms with E-state index >= 15 is 0 Å². The molecule has 0 saturated heterocycles. The molecule has 1 heterocycles. The van der Waals surface area contributed by atoms with Gasteiger partial charge in [-0.2, -0.15) is 0 Å². The number of ketones is 1. The molecule has 1 aromatic heterocycles. The van der Waals surface area contributed by atoms with Gasteiger partial charge in [0.15, 0.2) is 5.78 Å². The predicted molar refractivity (Wildman–Crippen MR) is 80.9 cm³/mol. The van der Waals surface area contributed by atoms with Crippen molar-refractivity contribution in [1.29, 1.82) is 0 Å². The first-order chi connectivity index (χ1) is 9.95. The largest absolute Gasteiger partial charge is 0.396 e. The summed E-state index contributed by atoms with van der Waals surface area (Å²) in [6.45, 7) is 0. The maximum absolute atomic E-state index is 13.2. The summed E-state index contributed by atoms with van der Waals surface area (Å²) in [6, 6.07) is 6.98. The van der Waals surface area contributed by atoms with Gasteiger partial charge in [-0.05, 0) is 46.3 Å². The molecule has 0 bridgehead atoms. The van der Waals surface area contributed by atoms with Crippen molar-refractivity contribution in [3.05, 3.63) is 62.2 Å². The number of anilines is 1. The molecule has 0 unspecified atom stereocenters. The number of rotatable bonds is 2. The second-order valence-electron chi connectivity index (χ2n) is 4.52. The Balaban J connectivity index is 2.14. The van der Waals surface area contributed by atoms with Crippen LogP contribution in [0.4, 0.5) is 10.1 Å². The highest BCUT2D eigenvalue weighted by molar-refractivity contribution is 9.10. The van der Waals surface area contributed by atoms with Crippen molar-refractivity contribution < 1.29 is 9.18 Å². The molecule has 7 heteroatoms. The highest BCUT2D eigenvalue weighted by Crippen LogP contribution is 2.25. The molecule has 0 fully saturated rings. The van der Waals surface area contributed by atoms with Gasteiger partial charge in [-0.15, -0.1) is 0 Å². The predicted octanol–water partition coefficient (Wildman–Crippen LogP) is 2.57. The second-order valence-corrected chi connectivity index (χ2v) is 5.38. The number of imidazole rings is 1. The fourth-order valence-corrected chi connectivity index (χ4v) is 2.59. The molecule has 3 aromatic rings. The number of carbonyl (C=O) groups excluding carboxylic acids is 1. The SMILES string of the molecule is Nc1cc(C(=O)c2cc3[nH]c(=O)[nH]c3cc2Br)ccc1F. The van der Waals surface area contributed by atoms with E-state index in [-0.39, 0.29) is 22.7 Å². The first-order valence-corrected chi connectivity index (χ1v) is 6.76. The van der Waals surface area contributed by atoms with Gasteiger partial charge in [0.1, 0.15) is 5.82 Å². The van der Waals surface area contributed by atoms with Crippen LogP contribution in [-0.2, 0) is 0 Å². The van der Waals surface area contributed by atoms with Crippen molar-refractivity contribution in [3.63, 3.8) is 0 Å². The number of nitrogens with two attached hydrogens (primary N) is 1. The number of nitrogens with one attached hydrogen (secondary N) is 2. The van der Waals surface area contributed by atoms with E-state index in [0.29, 0.717) is 21.1 Å². The zero-order valence-corrected chi connectivity index (χ0v) is 12.1. The van der Waals surface area contributed by atoms with E-state index < -0.39 is 5.82 Å². The van der Waals surface area contributed by atoms with E-state index in [1.54, 1.807) is 12.1 Å². The van der Waals surface area contributed by atoms with E-state index in [9.17, 15) is 14.0 Å². The molecule has 0 aliphatic rings. The molecule has 0 aliphatic heterocycles. The van der Waals surface area contributed by atoms with Crippen molar-refractivity contribution in [1.82, 2.24) is 9.97 Å². The van der Waals surface area contributed by atoms with Crippen LogP contribution in [-0.4, -0.2) is 15.8 Å². The van der Waals surface area contributed by atoms with Crippen LogP contribution in [0.5, 0.6) is 0 Å². The zero-order valence-electron chi connectivity index (χ0n) is 10.5. The summed E-state index contributed by atoms with van der Waals surface area (Å²) in [7, 11) is 0. The van der Waals surface area contributed by atoms with Gasteiger partial charge < -0.3 is 15.7 Å². The Labute approximate surface area is 126 Å². The Kier molecular flexibility index (Phi) is 3.13. The summed E-state index contributed by atoms with van der Waals surface area (Å²) in [4.78, 5) is 28.9. The molecule has 5 nitrogen and oxygen atoms in total. The van der Waals surface area contributed by atoms with Crippen LogP contribution in [0.1, 0.15) is 15.9 Å². The lowest BCUT2D eigenvalue weighted by molar-refractivity contribution is 0.103. The van der Waals surface area contributed by atoms with Crippen LogP contribution in [0, 0.1) is 5.82 Å². The van der Waals surface area contributed by atoms with E-state index in [2.05, 4.69) is 25.9 Å². The van der Waals surface area contributed by atoms with Gasteiger partial charge >= 0.3 is 5.69 Å².